The molecule has 1 heterocycles. The highest BCUT2D eigenvalue weighted by Crippen LogP contribution is 2.21. The van der Waals surface area contributed by atoms with Crippen LogP contribution in [0.1, 0.15) is 24.2 Å². The Bertz CT molecular complexity index is 492. The van der Waals surface area contributed by atoms with E-state index >= 15 is 0 Å². The van der Waals surface area contributed by atoms with Gasteiger partial charge in [-0.2, -0.15) is 0 Å². The van der Waals surface area contributed by atoms with Crippen LogP contribution < -0.4 is 4.74 Å². The standard InChI is InChI=1S/C14H15NO2/c1-10-4-3-5-13(8-10)17-14-7-6-12(9-15-14)11(2)16/h3-9,11,16H,1-2H3. The Morgan fingerprint density at radius 2 is 2.06 bits per heavy atom. The van der Waals surface area contributed by atoms with E-state index in [1.807, 2.05) is 37.3 Å². The predicted molar refractivity (Wildman–Crippen MR) is 66.1 cm³/mol. The van der Waals surface area contributed by atoms with Gasteiger partial charge in [0.25, 0.3) is 0 Å². The quantitative estimate of drug-likeness (QED) is 0.878. The number of aliphatic hydroxyl groups is 1. The maximum absolute atomic E-state index is 9.36. The number of aromatic nitrogens is 1. The molecular formula is C14H15NO2. The van der Waals surface area contributed by atoms with Crippen molar-refractivity contribution in [2.24, 2.45) is 0 Å². The topological polar surface area (TPSA) is 42.4 Å². The van der Waals surface area contributed by atoms with Crippen molar-refractivity contribution in [3.05, 3.63) is 53.7 Å². The van der Waals surface area contributed by atoms with Crippen LogP contribution in [0.15, 0.2) is 42.6 Å². The summed E-state index contributed by atoms with van der Waals surface area (Å²) in [5.74, 6) is 1.29. The van der Waals surface area contributed by atoms with Gasteiger partial charge in [-0.25, -0.2) is 4.98 Å². The zero-order chi connectivity index (χ0) is 12.3. The average Bonchev–Trinajstić information content (AvgIpc) is 2.29. The Balaban J connectivity index is 2.14. The Hall–Kier alpha value is -1.87. The minimum Gasteiger partial charge on any atom is -0.439 e. The maximum Gasteiger partial charge on any atom is 0.219 e. The summed E-state index contributed by atoms with van der Waals surface area (Å²) in [7, 11) is 0. The Morgan fingerprint density at radius 1 is 1.24 bits per heavy atom. The van der Waals surface area contributed by atoms with Gasteiger partial charge in [0.2, 0.25) is 5.88 Å². The number of benzene rings is 1. The predicted octanol–water partition coefficient (Wildman–Crippen LogP) is 3.24. The van der Waals surface area contributed by atoms with Crippen LogP contribution in [0.4, 0.5) is 0 Å². The van der Waals surface area contributed by atoms with Crippen LogP contribution in [0.3, 0.4) is 0 Å². The summed E-state index contributed by atoms with van der Waals surface area (Å²) in [6, 6.07) is 11.3. The molecule has 2 aromatic rings. The van der Waals surface area contributed by atoms with Crippen molar-refractivity contribution in [1.82, 2.24) is 4.98 Å². The summed E-state index contributed by atoms with van der Waals surface area (Å²) in [6.45, 7) is 3.72. The molecule has 0 saturated carbocycles. The van der Waals surface area contributed by atoms with E-state index in [1.165, 1.54) is 0 Å². The molecule has 1 atom stereocenters. The first-order valence-corrected chi connectivity index (χ1v) is 5.54. The highest BCUT2D eigenvalue weighted by atomic mass is 16.5. The summed E-state index contributed by atoms with van der Waals surface area (Å²) >= 11 is 0. The van der Waals surface area contributed by atoms with E-state index < -0.39 is 6.10 Å². The van der Waals surface area contributed by atoms with Gasteiger partial charge in [-0.05, 0) is 43.2 Å². The molecule has 2 rings (SSSR count). The van der Waals surface area contributed by atoms with Gasteiger partial charge in [0.1, 0.15) is 5.75 Å². The molecule has 1 aromatic carbocycles. The van der Waals surface area contributed by atoms with Crippen molar-refractivity contribution < 1.29 is 9.84 Å². The van der Waals surface area contributed by atoms with Crippen LogP contribution in [0.5, 0.6) is 11.6 Å². The van der Waals surface area contributed by atoms with Gasteiger partial charge in [0, 0.05) is 12.3 Å². The van der Waals surface area contributed by atoms with Crippen LogP contribution in [-0.4, -0.2) is 10.1 Å². The first-order chi connectivity index (χ1) is 8.15. The second-order valence-electron chi connectivity index (χ2n) is 4.02. The van der Waals surface area contributed by atoms with Gasteiger partial charge < -0.3 is 9.84 Å². The molecule has 0 aliphatic heterocycles. The number of aliphatic hydroxyl groups excluding tert-OH is 1. The third-order valence-corrected chi connectivity index (χ3v) is 2.45. The first kappa shape index (κ1) is 11.6. The molecule has 0 aliphatic carbocycles. The molecule has 3 nitrogen and oxygen atoms in total. The summed E-state index contributed by atoms with van der Waals surface area (Å²) in [4.78, 5) is 4.14. The third kappa shape index (κ3) is 3.04. The molecule has 0 amide bonds. The summed E-state index contributed by atoms with van der Waals surface area (Å²) < 4.78 is 5.60. The minimum atomic E-state index is -0.504. The number of pyridine rings is 1. The largest absolute Gasteiger partial charge is 0.439 e. The molecule has 17 heavy (non-hydrogen) atoms. The number of aryl methyl sites for hydroxylation is 1. The maximum atomic E-state index is 9.36. The van der Waals surface area contributed by atoms with Crippen LogP contribution in [0, 0.1) is 6.92 Å². The molecule has 1 N–H and O–H groups in total. The number of hydrogen-bond donors (Lipinski definition) is 1. The molecular weight excluding hydrogens is 214 g/mol. The lowest BCUT2D eigenvalue weighted by Crippen LogP contribution is -1.93. The van der Waals surface area contributed by atoms with Crippen LogP contribution >= 0.6 is 0 Å². The normalized spacial score (nSPS) is 12.2. The van der Waals surface area contributed by atoms with Gasteiger partial charge in [-0.15, -0.1) is 0 Å². The van der Waals surface area contributed by atoms with E-state index in [1.54, 1.807) is 19.2 Å². The van der Waals surface area contributed by atoms with Crippen molar-refractivity contribution in [1.29, 1.82) is 0 Å². The summed E-state index contributed by atoms with van der Waals surface area (Å²) in [5, 5.41) is 9.36. The molecule has 0 bridgehead atoms. The molecule has 0 saturated heterocycles. The van der Waals surface area contributed by atoms with E-state index in [0.717, 1.165) is 16.9 Å². The molecule has 0 spiro atoms. The second kappa shape index (κ2) is 4.97. The fraction of sp³-hybridized carbons (Fsp3) is 0.214. The van der Waals surface area contributed by atoms with Crippen molar-refractivity contribution in [3.63, 3.8) is 0 Å². The van der Waals surface area contributed by atoms with E-state index in [4.69, 9.17) is 4.74 Å². The van der Waals surface area contributed by atoms with E-state index in [2.05, 4.69) is 4.98 Å². The molecule has 3 heteroatoms. The van der Waals surface area contributed by atoms with E-state index in [0.29, 0.717) is 5.88 Å². The van der Waals surface area contributed by atoms with Crippen LogP contribution in [0.2, 0.25) is 0 Å². The van der Waals surface area contributed by atoms with Gasteiger partial charge >= 0.3 is 0 Å². The fourth-order valence-corrected chi connectivity index (χ4v) is 1.50. The number of hydrogen-bond acceptors (Lipinski definition) is 3. The lowest BCUT2D eigenvalue weighted by atomic mass is 10.2. The monoisotopic (exact) mass is 229 g/mol. The van der Waals surface area contributed by atoms with Gasteiger partial charge in [-0.3, -0.25) is 0 Å². The molecule has 88 valence electrons. The molecule has 0 fully saturated rings. The van der Waals surface area contributed by atoms with Crippen molar-refractivity contribution >= 4 is 0 Å². The number of ether oxygens (including phenoxy) is 1. The third-order valence-electron chi connectivity index (χ3n) is 2.45. The lowest BCUT2D eigenvalue weighted by molar-refractivity contribution is 0.198. The smallest absolute Gasteiger partial charge is 0.219 e. The SMILES string of the molecule is Cc1cccc(Oc2ccc(C(C)O)cn2)c1. The van der Waals surface area contributed by atoms with Crippen molar-refractivity contribution in [2.45, 2.75) is 20.0 Å². The summed E-state index contributed by atoms with van der Waals surface area (Å²) in [5.41, 5.74) is 1.92. The molecule has 1 unspecified atom stereocenters. The highest BCUT2D eigenvalue weighted by molar-refractivity contribution is 5.31. The first-order valence-electron chi connectivity index (χ1n) is 5.54. The molecule has 0 radical (unpaired) electrons. The van der Waals surface area contributed by atoms with Crippen molar-refractivity contribution in [3.8, 4) is 11.6 Å². The Labute approximate surface area is 101 Å². The highest BCUT2D eigenvalue weighted by Gasteiger charge is 2.02. The minimum absolute atomic E-state index is 0.504. The lowest BCUT2D eigenvalue weighted by Gasteiger charge is -2.07. The molecule has 1 aromatic heterocycles. The number of nitrogens with zero attached hydrogens (tertiary/aromatic N) is 1. The fourth-order valence-electron chi connectivity index (χ4n) is 1.50. The number of rotatable bonds is 3. The van der Waals surface area contributed by atoms with Crippen LogP contribution in [0.25, 0.3) is 0 Å². The average molecular weight is 229 g/mol. The van der Waals surface area contributed by atoms with Gasteiger partial charge in [0.05, 0.1) is 6.10 Å². The van der Waals surface area contributed by atoms with E-state index in [-0.39, 0.29) is 0 Å². The van der Waals surface area contributed by atoms with E-state index in [9.17, 15) is 5.11 Å². The second-order valence-corrected chi connectivity index (χ2v) is 4.02. The van der Waals surface area contributed by atoms with Crippen LogP contribution in [-0.2, 0) is 0 Å². The molecule has 0 aliphatic rings. The zero-order valence-electron chi connectivity index (χ0n) is 9.92. The summed E-state index contributed by atoms with van der Waals surface area (Å²) in [6.07, 6.45) is 1.12. The Kier molecular flexibility index (Phi) is 3.40. The zero-order valence-corrected chi connectivity index (χ0v) is 9.92. The Morgan fingerprint density at radius 3 is 2.65 bits per heavy atom. The van der Waals surface area contributed by atoms with Gasteiger partial charge in [-0.1, -0.05) is 12.1 Å². The van der Waals surface area contributed by atoms with Crippen molar-refractivity contribution in [2.75, 3.05) is 0 Å². The van der Waals surface area contributed by atoms with Gasteiger partial charge in [0.15, 0.2) is 0 Å².